The maximum Gasteiger partial charge on any atom is 0.191 e. The van der Waals surface area contributed by atoms with Crippen LogP contribution >= 0.6 is 0 Å². The van der Waals surface area contributed by atoms with Crippen LogP contribution in [0.3, 0.4) is 0 Å². The van der Waals surface area contributed by atoms with E-state index in [9.17, 15) is 0 Å². The Morgan fingerprint density at radius 2 is 2.17 bits per heavy atom. The van der Waals surface area contributed by atoms with E-state index in [-0.39, 0.29) is 0 Å². The van der Waals surface area contributed by atoms with Crippen molar-refractivity contribution in [2.24, 2.45) is 4.99 Å². The van der Waals surface area contributed by atoms with E-state index in [1.807, 2.05) is 38.3 Å². The Morgan fingerprint density at radius 3 is 2.87 bits per heavy atom. The van der Waals surface area contributed by atoms with Crippen LogP contribution in [-0.2, 0) is 6.54 Å². The number of hydrogen-bond acceptors (Lipinski definition) is 3. The van der Waals surface area contributed by atoms with Crippen LogP contribution in [0.5, 0.6) is 0 Å². The zero-order chi connectivity index (χ0) is 16.5. The lowest BCUT2D eigenvalue weighted by molar-refractivity contribution is 0.665. The molecule has 126 valence electrons. The molecule has 5 heteroatoms. The number of anilines is 1. The van der Waals surface area contributed by atoms with Gasteiger partial charge in [0, 0.05) is 40.4 Å². The highest BCUT2D eigenvalue weighted by Crippen LogP contribution is 2.19. The average Bonchev–Trinajstić information content (AvgIpc) is 2.59. The molecular formula is C18H29N5. The minimum atomic E-state index is 0.742. The van der Waals surface area contributed by atoms with E-state index < -0.39 is 0 Å². The Balaban J connectivity index is 1.76. The number of nitrogens with zero attached hydrogens (tertiary/aromatic N) is 3. The third kappa shape index (κ3) is 5.93. The van der Waals surface area contributed by atoms with E-state index in [1.165, 1.54) is 31.2 Å². The van der Waals surface area contributed by atoms with Gasteiger partial charge in [-0.25, -0.2) is 4.98 Å². The van der Waals surface area contributed by atoms with E-state index in [1.54, 1.807) is 5.57 Å². The molecule has 1 aromatic rings. The van der Waals surface area contributed by atoms with Gasteiger partial charge >= 0.3 is 0 Å². The standard InChI is InChI=1S/C18H29N5/c1-19-18(21-12-9-15-7-5-4-6-8-15)22-14-16-10-11-20-17(13-16)23(2)3/h7,10-11,13H,4-6,8-9,12,14H2,1-3H3,(H2,19,21,22). The molecule has 1 aromatic heterocycles. The summed E-state index contributed by atoms with van der Waals surface area (Å²) in [5, 5.41) is 6.76. The summed E-state index contributed by atoms with van der Waals surface area (Å²) < 4.78 is 0. The lowest BCUT2D eigenvalue weighted by atomic mass is 9.97. The molecule has 1 heterocycles. The van der Waals surface area contributed by atoms with Crippen LogP contribution in [-0.4, -0.2) is 38.6 Å². The third-order valence-corrected chi connectivity index (χ3v) is 4.08. The fourth-order valence-corrected chi connectivity index (χ4v) is 2.69. The minimum Gasteiger partial charge on any atom is -0.363 e. The first-order chi connectivity index (χ1) is 11.2. The molecule has 0 aliphatic heterocycles. The van der Waals surface area contributed by atoms with Crippen molar-refractivity contribution in [3.8, 4) is 0 Å². The zero-order valence-corrected chi connectivity index (χ0v) is 14.6. The van der Waals surface area contributed by atoms with E-state index >= 15 is 0 Å². The highest BCUT2D eigenvalue weighted by Gasteiger charge is 2.05. The highest BCUT2D eigenvalue weighted by molar-refractivity contribution is 5.79. The molecule has 0 fully saturated rings. The van der Waals surface area contributed by atoms with Gasteiger partial charge in [-0.3, -0.25) is 4.99 Å². The lowest BCUT2D eigenvalue weighted by Gasteiger charge is -2.16. The molecule has 0 bridgehead atoms. The number of nitrogens with one attached hydrogen (secondary N) is 2. The maximum absolute atomic E-state index is 4.33. The van der Waals surface area contributed by atoms with E-state index in [0.29, 0.717) is 0 Å². The summed E-state index contributed by atoms with van der Waals surface area (Å²) in [6, 6.07) is 4.12. The molecular weight excluding hydrogens is 286 g/mol. The van der Waals surface area contributed by atoms with Gasteiger partial charge in [0.25, 0.3) is 0 Å². The normalized spacial score (nSPS) is 15.1. The number of aromatic nitrogens is 1. The van der Waals surface area contributed by atoms with Crippen molar-refractivity contribution in [1.29, 1.82) is 0 Å². The number of guanidine groups is 1. The molecule has 1 aliphatic carbocycles. The highest BCUT2D eigenvalue weighted by atomic mass is 15.2. The van der Waals surface area contributed by atoms with Crippen LogP contribution in [0.25, 0.3) is 0 Å². The summed E-state index contributed by atoms with van der Waals surface area (Å²) in [5.41, 5.74) is 2.78. The van der Waals surface area contributed by atoms with Crippen molar-refractivity contribution >= 4 is 11.8 Å². The van der Waals surface area contributed by atoms with Gasteiger partial charge in [0.15, 0.2) is 5.96 Å². The molecule has 0 spiro atoms. The predicted molar refractivity (Wildman–Crippen MR) is 97.9 cm³/mol. The molecule has 0 unspecified atom stereocenters. The van der Waals surface area contributed by atoms with Crippen LogP contribution in [0.4, 0.5) is 5.82 Å². The average molecular weight is 315 g/mol. The van der Waals surface area contributed by atoms with E-state index in [4.69, 9.17) is 0 Å². The lowest BCUT2D eigenvalue weighted by Crippen LogP contribution is -2.37. The number of rotatable bonds is 6. The Hall–Kier alpha value is -2.04. The molecule has 1 aliphatic rings. The monoisotopic (exact) mass is 315 g/mol. The SMILES string of the molecule is CN=C(NCCC1=CCCCC1)NCc1ccnc(N(C)C)c1. The summed E-state index contributed by atoms with van der Waals surface area (Å²) in [4.78, 5) is 10.6. The number of pyridine rings is 1. The van der Waals surface area contributed by atoms with Gasteiger partial charge in [0.2, 0.25) is 0 Å². The van der Waals surface area contributed by atoms with Crippen molar-refractivity contribution in [2.75, 3.05) is 32.6 Å². The van der Waals surface area contributed by atoms with Crippen LogP contribution in [0.1, 0.15) is 37.7 Å². The Bertz CT molecular complexity index is 548. The quantitative estimate of drug-likeness (QED) is 0.481. The van der Waals surface area contributed by atoms with Crippen LogP contribution in [0.15, 0.2) is 35.0 Å². The van der Waals surface area contributed by atoms with Gasteiger partial charge in [-0.15, -0.1) is 0 Å². The molecule has 0 aromatic carbocycles. The molecule has 0 saturated carbocycles. The Kier molecular flexibility index (Phi) is 6.91. The molecule has 2 rings (SSSR count). The number of allylic oxidation sites excluding steroid dienone is 1. The molecule has 0 saturated heterocycles. The first kappa shape index (κ1) is 17.3. The van der Waals surface area contributed by atoms with Gasteiger partial charge in [-0.2, -0.15) is 0 Å². The molecule has 0 atom stereocenters. The van der Waals surface area contributed by atoms with Crippen molar-refractivity contribution in [3.63, 3.8) is 0 Å². The van der Waals surface area contributed by atoms with Crippen molar-refractivity contribution < 1.29 is 0 Å². The minimum absolute atomic E-state index is 0.742. The van der Waals surface area contributed by atoms with Crippen molar-refractivity contribution in [2.45, 2.75) is 38.6 Å². The molecule has 0 radical (unpaired) electrons. The fraction of sp³-hybridized carbons (Fsp3) is 0.556. The number of aliphatic imine (C=N–C) groups is 1. The van der Waals surface area contributed by atoms with Crippen LogP contribution < -0.4 is 15.5 Å². The van der Waals surface area contributed by atoms with E-state index in [2.05, 4.69) is 32.8 Å². The second-order valence-corrected chi connectivity index (χ2v) is 6.13. The van der Waals surface area contributed by atoms with Crippen molar-refractivity contribution in [3.05, 3.63) is 35.5 Å². The van der Waals surface area contributed by atoms with Gasteiger partial charge in [0.05, 0.1) is 0 Å². The van der Waals surface area contributed by atoms with Crippen molar-refractivity contribution in [1.82, 2.24) is 15.6 Å². The van der Waals surface area contributed by atoms with Crippen LogP contribution in [0.2, 0.25) is 0 Å². The second-order valence-electron chi connectivity index (χ2n) is 6.13. The Morgan fingerprint density at radius 1 is 1.30 bits per heavy atom. The maximum atomic E-state index is 4.33. The summed E-state index contributed by atoms with van der Waals surface area (Å²) in [7, 11) is 5.81. The first-order valence-electron chi connectivity index (χ1n) is 8.43. The summed E-state index contributed by atoms with van der Waals surface area (Å²) in [6.07, 6.45) is 10.6. The smallest absolute Gasteiger partial charge is 0.191 e. The summed E-state index contributed by atoms with van der Waals surface area (Å²) in [5.74, 6) is 1.82. The molecule has 5 nitrogen and oxygen atoms in total. The molecule has 2 N–H and O–H groups in total. The van der Waals surface area contributed by atoms with Gasteiger partial charge in [-0.1, -0.05) is 11.6 Å². The zero-order valence-electron chi connectivity index (χ0n) is 14.6. The molecule has 0 amide bonds. The van der Waals surface area contributed by atoms with Gasteiger partial charge in [0.1, 0.15) is 5.82 Å². The first-order valence-corrected chi connectivity index (χ1v) is 8.43. The summed E-state index contributed by atoms with van der Waals surface area (Å²) >= 11 is 0. The largest absolute Gasteiger partial charge is 0.363 e. The number of hydrogen-bond donors (Lipinski definition) is 2. The van der Waals surface area contributed by atoms with E-state index in [0.717, 1.165) is 31.3 Å². The van der Waals surface area contributed by atoms with Crippen LogP contribution in [0, 0.1) is 0 Å². The van der Waals surface area contributed by atoms with Gasteiger partial charge in [-0.05, 0) is 49.8 Å². The molecule has 23 heavy (non-hydrogen) atoms. The third-order valence-electron chi connectivity index (χ3n) is 4.08. The summed E-state index contributed by atoms with van der Waals surface area (Å²) in [6.45, 7) is 1.68. The second kappa shape index (κ2) is 9.18. The van der Waals surface area contributed by atoms with Gasteiger partial charge < -0.3 is 15.5 Å². The Labute approximate surface area is 139 Å². The predicted octanol–water partition coefficient (Wildman–Crippen LogP) is 2.70. The topological polar surface area (TPSA) is 52.6 Å². The fourth-order valence-electron chi connectivity index (χ4n) is 2.69.